The van der Waals surface area contributed by atoms with E-state index in [1.165, 1.54) is 4.31 Å². The Morgan fingerprint density at radius 3 is 2.28 bits per heavy atom. The molecule has 0 atom stereocenters. The van der Waals surface area contributed by atoms with E-state index in [9.17, 15) is 8.42 Å². The Labute approximate surface area is 146 Å². The van der Waals surface area contributed by atoms with Crippen LogP contribution in [0.5, 0.6) is 0 Å². The summed E-state index contributed by atoms with van der Waals surface area (Å²) in [6.45, 7) is 1.93. The molecule has 0 unspecified atom stereocenters. The van der Waals surface area contributed by atoms with Crippen LogP contribution in [0.3, 0.4) is 0 Å². The topological polar surface area (TPSA) is 53.2 Å². The van der Waals surface area contributed by atoms with Gasteiger partial charge in [-0.3, -0.25) is 4.31 Å². The van der Waals surface area contributed by atoms with Crippen molar-refractivity contribution in [3.8, 4) is 0 Å². The van der Waals surface area contributed by atoms with Crippen LogP contribution in [0.4, 0.5) is 5.69 Å². The first-order valence-corrected chi connectivity index (χ1v) is 9.47. The highest BCUT2D eigenvalue weighted by atomic mass is 32.2. The van der Waals surface area contributed by atoms with Gasteiger partial charge in [0, 0.05) is 28.9 Å². The van der Waals surface area contributed by atoms with E-state index in [1.807, 2.05) is 55.5 Å². The number of anilines is 1. The number of fused-ring (bicyclic) bond motifs is 3. The van der Waals surface area contributed by atoms with Crippen molar-refractivity contribution >= 4 is 37.5 Å². The number of hydrogen-bond donors (Lipinski definition) is 1. The van der Waals surface area contributed by atoms with E-state index in [4.69, 9.17) is 0 Å². The minimum atomic E-state index is -3.59. The molecule has 1 heterocycles. The Kier molecular flexibility index (Phi) is 3.54. The van der Waals surface area contributed by atoms with Crippen molar-refractivity contribution in [1.29, 1.82) is 0 Å². The Hall–Kier alpha value is -2.79. The molecule has 0 aliphatic rings. The molecule has 0 saturated heterocycles. The number of aryl methyl sites for hydroxylation is 1. The van der Waals surface area contributed by atoms with Gasteiger partial charge in [0.15, 0.2) is 0 Å². The van der Waals surface area contributed by atoms with E-state index in [0.29, 0.717) is 5.69 Å². The highest BCUT2D eigenvalue weighted by Gasteiger charge is 2.21. The normalized spacial score (nSPS) is 11.9. The molecule has 4 nitrogen and oxygen atoms in total. The van der Waals surface area contributed by atoms with Crippen molar-refractivity contribution in [1.82, 2.24) is 4.98 Å². The minimum Gasteiger partial charge on any atom is -0.354 e. The first-order chi connectivity index (χ1) is 12.0. The molecule has 0 saturated carbocycles. The molecule has 5 heteroatoms. The summed E-state index contributed by atoms with van der Waals surface area (Å²) in [6.07, 6.45) is 0. The summed E-state index contributed by atoms with van der Waals surface area (Å²) >= 11 is 0. The van der Waals surface area contributed by atoms with Crippen LogP contribution in [0.1, 0.15) is 5.56 Å². The first kappa shape index (κ1) is 15.7. The predicted molar refractivity (Wildman–Crippen MR) is 103 cm³/mol. The molecule has 1 aromatic heterocycles. The maximum atomic E-state index is 12.9. The molecular weight excluding hydrogens is 332 g/mol. The van der Waals surface area contributed by atoms with Crippen LogP contribution < -0.4 is 4.31 Å². The highest BCUT2D eigenvalue weighted by Crippen LogP contribution is 2.30. The van der Waals surface area contributed by atoms with Gasteiger partial charge in [-0.2, -0.15) is 0 Å². The van der Waals surface area contributed by atoms with E-state index in [1.54, 1.807) is 19.2 Å². The second-order valence-corrected chi connectivity index (χ2v) is 8.16. The van der Waals surface area contributed by atoms with Gasteiger partial charge in [-0.1, -0.05) is 42.0 Å². The van der Waals surface area contributed by atoms with Crippen LogP contribution in [-0.4, -0.2) is 20.4 Å². The third-order valence-electron chi connectivity index (χ3n) is 4.53. The number of sulfonamides is 1. The van der Waals surface area contributed by atoms with Crippen LogP contribution >= 0.6 is 0 Å². The Morgan fingerprint density at radius 1 is 0.840 bits per heavy atom. The number of para-hydroxylation sites is 1. The largest absolute Gasteiger partial charge is 0.354 e. The second kappa shape index (κ2) is 5.63. The Bertz CT molecular complexity index is 1180. The van der Waals surface area contributed by atoms with E-state index in [0.717, 1.165) is 27.4 Å². The van der Waals surface area contributed by atoms with Crippen molar-refractivity contribution in [2.75, 3.05) is 11.4 Å². The van der Waals surface area contributed by atoms with Crippen LogP contribution in [0.2, 0.25) is 0 Å². The number of H-pyrrole nitrogens is 1. The molecule has 1 N–H and O–H groups in total. The molecule has 126 valence electrons. The van der Waals surface area contributed by atoms with E-state index in [2.05, 4.69) is 11.1 Å². The molecule has 4 aromatic rings. The van der Waals surface area contributed by atoms with E-state index in [-0.39, 0.29) is 4.90 Å². The van der Waals surface area contributed by atoms with Gasteiger partial charge in [0.1, 0.15) is 0 Å². The van der Waals surface area contributed by atoms with E-state index < -0.39 is 10.0 Å². The lowest BCUT2D eigenvalue weighted by Crippen LogP contribution is -2.26. The summed E-state index contributed by atoms with van der Waals surface area (Å²) in [7, 11) is -2.01. The fourth-order valence-corrected chi connectivity index (χ4v) is 4.23. The molecule has 0 bridgehead atoms. The van der Waals surface area contributed by atoms with Crippen molar-refractivity contribution in [2.45, 2.75) is 11.8 Å². The molecular formula is C20H18N2O2S. The average Bonchev–Trinajstić information content (AvgIpc) is 2.99. The van der Waals surface area contributed by atoms with Crippen molar-refractivity contribution in [2.24, 2.45) is 0 Å². The maximum Gasteiger partial charge on any atom is 0.264 e. The quantitative estimate of drug-likeness (QED) is 0.593. The van der Waals surface area contributed by atoms with Crippen molar-refractivity contribution in [3.63, 3.8) is 0 Å². The van der Waals surface area contributed by atoms with Gasteiger partial charge >= 0.3 is 0 Å². The van der Waals surface area contributed by atoms with Gasteiger partial charge in [-0.25, -0.2) is 8.42 Å². The number of aromatic amines is 1. The van der Waals surface area contributed by atoms with Crippen LogP contribution in [-0.2, 0) is 10.0 Å². The summed E-state index contributed by atoms with van der Waals surface area (Å²) < 4.78 is 27.1. The smallest absolute Gasteiger partial charge is 0.264 e. The van der Waals surface area contributed by atoms with Gasteiger partial charge in [-0.15, -0.1) is 0 Å². The fraction of sp³-hybridized carbons (Fsp3) is 0.100. The third kappa shape index (κ3) is 2.57. The van der Waals surface area contributed by atoms with Gasteiger partial charge in [-0.05, 0) is 37.3 Å². The summed E-state index contributed by atoms with van der Waals surface area (Å²) in [4.78, 5) is 3.64. The van der Waals surface area contributed by atoms with Crippen LogP contribution in [0, 0.1) is 6.92 Å². The monoisotopic (exact) mass is 350 g/mol. The van der Waals surface area contributed by atoms with E-state index >= 15 is 0 Å². The lowest BCUT2D eigenvalue weighted by Gasteiger charge is -2.19. The average molecular weight is 350 g/mol. The number of rotatable bonds is 3. The Balaban J connectivity index is 1.80. The number of hydrogen-bond acceptors (Lipinski definition) is 2. The van der Waals surface area contributed by atoms with Crippen molar-refractivity contribution < 1.29 is 8.42 Å². The zero-order chi connectivity index (χ0) is 17.6. The molecule has 0 aliphatic carbocycles. The molecule has 25 heavy (non-hydrogen) atoms. The lowest BCUT2D eigenvalue weighted by molar-refractivity contribution is 0.594. The second-order valence-electron chi connectivity index (χ2n) is 6.19. The number of aromatic nitrogens is 1. The number of nitrogens with one attached hydrogen (secondary N) is 1. The van der Waals surface area contributed by atoms with Crippen molar-refractivity contribution in [3.05, 3.63) is 72.3 Å². The van der Waals surface area contributed by atoms with Crippen LogP contribution in [0.15, 0.2) is 71.6 Å². The summed E-state index contributed by atoms with van der Waals surface area (Å²) in [6, 6.07) is 20.6. The molecule has 0 amide bonds. The summed E-state index contributed by atoms with van der Waals surface area (Å²) in [5.74, 6) is 0. The molecule has 0 fully saturated rings. The third-order valence-corrected chi connectivity index (χ3v) is 6.33. The van der Waals surface area contributed by atoms with Gasteiger partial charge in [0.25, 0.3) is 10.0 Å². The number of benzene rings is 3. The molecule has 0 radical (unpaired) electrons. The predicted octanol–water partition coefficient (Wildman–Crippen LogP) is 4.45. The zero-order valence-electron chi connectivity index (χ0n) is 14.0. The summed E-state index contributed by atoms with van der Waals surface area (Å²) in [5.41, 5.74) is 3.61. The summed E-state index contributed by atoms with van der Waals surface area (Å²) in [5, 5.41) is 2.22. The Morgan fingerprint density at radius 2 is 1.52 bits per heavy atom. The standard InChI is InChI=1S/C20H18N2O2S/c1-14-7-10-16(11-8-14)25(23,24)22(2)15-9-12-18-17-5-3-4-6-19(17)21-20(18)13-15/h3-13,21H,1-2H3. The highest BCUT2D eigenvalue weighted by molar-refractivity contribution is 7.92. The zero-order valence-corrected chi connectivity index (χ0v) is 14.8. The molecule has 0 spiro atoms. The lowest BCUT2D eigenvalue weighted by atomic mass is 10.1. The number of nitrogens with zero attached hydrogens (tertiary/aromatic N) is 1. The van der Waals surface area contributed by atoms with Gasteiger partial charge < -0.3 is 4.98 Å². The molecule has 3 aromatic carbocycles. The SMILES string of the molecule is Cc1ccc(S(=O)(=O)N(C)c2ccc3c(c2)[nH]c2ccccc23)cc1. The van der Waals surface area contributed by atoms with Crippen LogP contribution in [0.25, 0.3) is 21.8 Å². The molecule has 0 aliphatic heterocycles. The minimum absolute atomic E-state index is 0.289. The van der Waals surface area contributed by atoms with Gasteiger partial charge in [0.2, 0.25) is 0 Å². The molecule has 4 rings (SSSR count). The van der Waals surface area contributed by atoms with Gasteiger partial charge in [0.05, 0.1) is 10.6 Å². The maximum absolute atomic E-state index is 12.9. The fourth-order valence-electron chi connectivity index (χ4n) is 3.05. The first-order valence-electron chi connectivity index (χ1n) is 8.03.